The summed E-state index contributed by atoms with van der Waals surface area (Å²) in [4.78, 5) is 2.31. The third-order valence-corrected chi connectivity index (χ3v) is 3.81. The van der Waals surface area contributed by atoms with Crippen LogP contribution in [0.3, 0.4) is 0 Å². The summed E-state index contributed by atoms with van der Waals surface area (Å²) >= 11 is 0. The molecule has 1 heterocycles. The second-order valence-electron chi connectivity index (χ2n) is 5.06. The van der Waals surface area contributed by atoms with Crippen molar-refractivity contribution in [3.63, 3.8) is 0 Å². The number of aliphatic hydroxyl groups is 1. The Bertz CT molecular complexity index is 378. The Morgan fingerprint density at radius 2 is 2.18 bits per heavy atom. The van der Waals surface area contributed by atoms with Crippen LogP contribution >= 0.6 is 0 Å². The molecule has 1 aliphatic heterocycles. The molecule has 94 valence electrons. The van der Waals surface area contributed by atoms with E-state index >= 15 is 0 Å². The fraction of sp³-hybridized carbons (Fsp3) is 0.571. The second-order valence-corrected chi connectivity index (χ2v) is 5.06. The molecule has 1 aromatic rings. The minimum absolute atomic E-state index is 0.0291. The molecule has 0 spiro atoms. The SMILES string of the molecule is CC1CCN(c2ccccc2[C@@H](C)N)C1CO. The lowest BCUT2D eigenvalue weighted by Crippen LogP contribution is -2.36. The number of para-hydroxylation sites is 1. The van der Waals surface area contributed by atoms with Gasteiger partial charge in [-0.15, -0.1) is 0 Å². The topological polar surface area (TPSA) is 49.5 Å². The van der Waals surface area contributed by atoms with Gasteiger partial charge in [0.15, 0.2) is 0 Å². The zero-order chi connectivity index (χ0) is 12.4. The largest absolute Gasteiger partial charge is 0.394 e. The van der Waals surface area contributed by atoms with Crippen LogP contribution in [0.5, 0.6) is 0 Å². The first kappa shape index (κ1) is 12.4. The van der Waals surface area contributed by atoms with Gasteiger partial charge in [0, 0.05) is 18.3 Å². The standard InChI is InChI=1S/C14H22N2O/c1-10-7-8-16(14(10)9-17)13-6-4-3-5-12(13)11(2)15/h3-6,10-11,14,17H,7-9,15H2,1-2H3/t10?,11-,14?/m1/s1. The number of aliphatic hydroxyl groups excluding tert-OH is 1. The van der Waals surface area contributed by atoms with Gasteiger partial charge in [-0.2, -0.15) is 0 Å². The molecule has 1 aliphatic rings. The van der Waals surface area contributed by atoms with Crippen molar-refractivity contribution < 1.29 is 5.11 Å². The highest BCUT2D eigenvalue weighted by Crippen LogP contribution is 2.33. The minimum atomic E-state index is 0.0291. The van der Waals surface area contributed by atoms with E-state index in [1.54, 1.807) is 0 Å². The van der Waals surface area contributed by atoms with Crippen LogP contribution in [0.2, 0.25) is 0 Å². The maximum atomic E-state index is 9.52. The smallest absolute Gasteiger partial charge is 0.0637 e. The zero-order valence-electron chi connectivity index (χ0n) is 10.6. The highest BCUT2D eigenvalue weighted by atomic mass is 16.3. The van der Waals surface area contributed by atoms with Crippen molar-refractivity contribution in [1.82, 2.24) is 0 Å². The highest BCUT2D eigenvalue weighted by Gasteiger charge is 2.31. The van der Waals surface area contributed by atoms with E-state index in [9.17, 15) is 5.11 Å². The van der Waals surface area contributed by atoms with Crippen LogP contribution in [0.25, 0.3) is 0 Å². The van der Waals surface area contributed by atoms with Crippen molar-refractivity contribution in [3.05, 3.63) is 29.8 Å². The summed E-state index contributed by atoms with van der Waals surface area (Å²) in [6, 6.07) is 8.52. The van der Waals surface area contributed by atoms with Crippen LogP contribution in [0.15, 0.2) is 24.3 Å². The Kier molecular flexibility index (Phi) is 3.69. The van der Waals surface area contributed by atoms with Gasteiger partial charge in [-0.25, -0.2) is 0 Å². The van der Waals surface area contributed by atoms with Crippen molar-refractivity contribution >= 4 is 5.69 Å². The number of nitrogens with zero attached hydrogens (tertiary/aromatic N) is 1. The van der Waals surface area contributed by atoms with E-state index in [4.69, 9.17) is 5.73 Å². The number of rotatable bonds is 3. The summed E-state index contributed by atoms with van der Waals surface area (Å²) in [6.45, 7) is 5.44. The van der Waals surface area contributed by atoms with Crippen molar-refractivity contribution in [3.8, 4) is 0 Å². The molecule has 2 unspecified atom stereocenters. The van der Waals surface area contributed by atoms with Crippen LogP contribution in [-0.2, 0) is 0 Å². The molecule has 0 bridgehead atoms. The van der Waals surface area contributed by atoms with Gasteiger partial charge in [0.1, 0.15) is 0 Å². The number of hydrogen-bond donors (Lipinski definition) is 2. The van der Waals surface area contributed by atoms with Crippen LogP contribution in [-0.4, -0.2) is 24.3 Å². The third-order valence-electron chi connectivity index (χ3n) is 3.81. The molecule has 3 N–H and O–H groups in total. The van der Waals surface area contributed by atoms with Gasteiger partial charge in [-0.05, 0) is 30.9 Å². The predicted molar refractivity (Wildman–Crippen MR) is 71.0 cm³/mol. The number of nitrogens with two attached hydrogens (primary N) is 1. The second kappa shape index (κ2) is 5.07. The minimum Gasteiger partial charge on any atom is -0.394 e. The molecular formula is C14H22N2O. The lowest BCUT2D eigenvalue weighted by molar-refractivity contribution is 0.244. The van der Waals surface area contributed by atoms with Crippen LogP contribution < -0.4 is 10.6 Å². The van der Waals surface area contributed by atoms with E-state index in [1.807, 2.05) is 19.1 Å². The van der Waals surface area contributed by atoms with Crippen LogP contribution in [0.4, 0.5) is 5.69 Å². The molecule has 1 fully saturated rings. The van der Waals surface area contributed by atoms with Gasteiger partial charge < -0.3 is 15.7 Å². The van der Waals surface area contributed by atoms with Gasteiger partial charge in [0.2, 0.25) is 0 Å². The molecule has 3 heteroatoms. The first-order chi connectivity index (χ1) is 8.15. The Hall–Kier alpha value is -1.06. The summed E-state index contributed by atoms with van der Waals surface area (Å²) in [5.41, 5.74) is 8.37. The fourth-order valence-corrected chi connectivity index (χ4v) is 2.72. The molecule has 0 saturated carbocycles. The van der Waals surface area contributed by atoms with E-state index in [-0.39, 0.29) is 18.7 Å². The Morgan fingerprint density at radius 1 is 1.47 bits per heavy atom. The number of benzene rings is 1. The molecule has 0 aromatic heterocycles. The molecular weight excluding hydrogens is 212 g/mol. The summed E-state index contributed by atoms with van der Waals surface area (Å²) in [6.07, 6.45) is 1.14. The molecule has 1 aromatic carbocycles. The number of anilines is 1. The lowest BCUT2D eigenvalue weighted by Gasteiger charge is -2.30. The maximum absolute atomic E-state index is 9.52. The first-order valence-electron chi connectivity index (χ1n) is 6.37. The van der Waals surface area contributed by atoms with Gasteiger partial charge in [0.25, 0.3) is 0 Å². The lowest BCUT2D eigenvalue weighted by atomic mass is 10.0. The van der Waals surface area contributed by atoms with Gasteiger partial charge in [0.05, 0.1) is 12.6 Å². The fourth-order valence-electron chi connectivity index (χ4n) is 2.72. The average Bonchev–Trinajstić information content (AvgIpc) is 2.70. The monoisotopic (exact) mass is 234 g/mol. The molecule has 3 nitrogen and oxygen atoms in total. The van der Waals surface area contributed by atoms with Crippen molar-refractivity contribution in [2.45, 2.75) is 32.4 Å². The average molecular weight is 234 g/mol. The van der Waals surface area contributed by atoms with Gasteiger partial charge in [-0.1, -0.05) is 25.1 Å². The Morgan fingerprint density at radius 3 is 2.82 bits per heavy atom. The van der Waals surface area contributed by atoms with Crippen LogP contribution in [0, 0.1) is 5.92 Å². The molecule has 0 aliphatic carbocycles. The van der Waals surface area contributed by atoms with E-state index < -0.39 is 0 Å². The Labute approximate surface area is 103 Å². The van der Waals surface area contributed by atoms with Gasteiger partial charge in [-0.3, -0.25) is 0 Å². The van der Waals surface area contributed by atoms with Crippen LogP contribution in [0.1, 0.15) is 31.9 Å². The summed E-state index contributed by atoms with van der Waals surface area (Å²) in [5, 5.41) is 9.52. The molecule has 0 radical (unpaired) electrons. The molecule has 2 rings (SSSR count). The van der Waals surface area contributed by atoms with Crippen molar-refractivity contribution in [2.75, 3.05) is 18.1 Å². The molecule has 0 amide bonds. The van der Waals surface area contributed by atoms with Crippen molar-refractivity contribution in [2.24, 2.45) is 11.7 Å². The summed E-state index contributed by atoms with van der Waals surface area (Å²) in [7, 11) is 0. The normalized spacial score (nSPS) is 26.2. The van der Waals surface area contributed by atoms with Gasteiger partial charge >= 0.3 is 0 Å². The Balaban J connectivity index is 2.33. The summed E-state index contributed by atoms with van der Waals surface area (Å²) < 4.78 is 0. The molecule has 1 saturated heterocycles. The van der Waals surface area contributed by atoms with E-state index in [0.29, 0.717) is 5.92 Å². The molecule has 17 heavy (non-hydrogen) atoms. The summed E-state index contributed by atoms with van der Waals surface area (Å²) in [5.74, 6) is 0.543. The quantitative estimate of drug-likeness (QED) is 0.840. The third kappa shape index (κ3) is 2.31. The van der Waals surface area contributed by atoms with E-state index in [1.165, 1.54) is 11.3 Å². The highest BCUT2D eigenvalue weighted by molar-refractivity contribution is 5.56. The maximum Gasteiger partial charge on any atom is 0.0637 e. The van der Waals surface area contributed by atoms with Crippen molar-refractivity contribution in [1.29, 1.82) is 0 Å². The molecule has 3 atom stereocenters. The van der Waals surface area contributed by atoms with E-state index in [2.05, 4.69) is 24.0 Å². The first-order valence-corrected chi connectivity index (χ1v) is 6.37. The predicted octanol–water partition coefficient (Wildman–Crippen LogP) is 1.91. The van der Waals surface area contributed by atoms with E-state index in [0.717, 1.165) is 13.0 Å². The zero-order valence-corrected chi connectivity index (χ0v) is 10.6. The number of hydrogen-bond acceptors (Lipinski definition) is 3.